The maximum absolute atomic E-state index is 8.96. The largest absolute Gasteiger partial charge is 0.376 e. The zero-order valence-corrected chi connectivity index (χ0v) is 8.48. The van der Waals surface area contributed by atoms with Gasteiger partial charge in [0, 0.05) is 0 Å². The lowest BCUT2D eigenvalue weighted by Gasteiger charge is -2.27. The van der Waals surface area contributed by atoms with Gasteiger partial charge in [-0.25, -0.2) is 0 Å². The van der Waals surface area contributed by atoms with Gasteiger partial charge in [-0.05, 0) is 5.41 Å². The van der Waals surface area contributed by atoms with E-state index in [4.69, 9.17) is 16.7 Å². The molecule has 0 aromatic rings. The number of halogens is 2. The first kappa shape index (κ1) is 10.5. The molecule has 0 radical (unpaired) electrons. The first-order valence-electron chi connectivity index (χ1n) is 3.01. The lowest BCUT2D eigenvalue weighted by molar-refractivity contribution is 0.215. The summed E-state index contributed by atoms with van der Waals surface area (Å²) >= 11 is 8.72. The summed E-state index contributed by atoms with van der Waals surface area (Å²) in [7, 11) is 0. The zero-order valence-electron chi connectivity index (χ0n) is 6.14. The molecule has 0 aliphatic carbocycles. The Morgan fingerprint density at radius 3 is 2.20 bits per heavy atom. The van der Waals surface area contributed by atoms with Crippen molar-refractivity contribution in [3.05, 3.63) is 12.7 Å². The normalized spacial score (nSPS) is 18.1. The second-order valence-corrected chi connectivity index (χ2v) is 4.23. The van der Waals surface area contributed by atoms with Crippen molar-refractivity contribution in [2.75, 3.05) is 0 Å². The smallest absolute Gasteiger partial charge is 0.141 e. The molecule has 0 fully saturated rings. The highest BCUT2D eigenvalue weighted by Crippen LogP contribution is 2.31. The monoisotopic (exact) mass is 226 g/mol. The highest BCUT2D eigenvalue weighted by molar-refractivity contribution is 9.09. The molecular formula is C7H12BrClO. The second-order valence-electron chi connectivity index (χ2n) is 2.80. The highest BCUT2D eigenvalue weighted by Gasteiger charge is 2.28. The average molecular weight is 228 g/mol. The van der Waals surface area contributed by atoms with Crippen LogP contribution < -0.4 is 0 Å². The fourth-order valence-electron chi connectivity index (χ4n) is 0.467. The van der Waals surface area contributed by atoms with Crippen LogP contribution in [-0.4, -0.2) is 15.5 Å². The minimum absolute atomic E-state index is 0.154. The second kappa shape index (κ2) is 3.74. The van der Waals surface area contributed by atoms with E-state index in [9.17, 15) is 0 Å². The summed E-state index contributed by atoms with van der Waals surface area (Å²) in [5.74, 6) is 0. The summed E-state index contributed by atoms with van der Waals surface area (Å²) in [6.45, 7) is 7.53. The molecule has 0 heterocycles. The number of aliphatic hydroxyl groups is 1. The van der Waals surface area contributed by atoms with E-state index in [1.807, 2.05) is 13.8 Å². The molecule has 0 amide bonds. The van der Waals surface area contributed by atoms with Gasteiger partial charge in [-0.3, -0.25) is 0 Å². The summed E-state index contributed by atoms with van der Waals surface area (Å²) < 4.78 is 0. The number of aliphatic hydroxyl groups excluding tert-OH is 1. The third kappa shape index (κ3) is 2.60. The van der Waals surface area contributed by atoms with Crippen molar-refractivity contribution < 1.29 is 5.11 Å². The van der Waals surface area contributed by atoms with Gasteiger partial charge in [-0.15, -0.1) is 6.58 Å². The Hall–Kier alpha value is 0.470. The molecule has 60 valence electrons. The molecule has 1 N–H and O–H groups in total. The molecule has 10 heavy (non-hydrogen) atoms. The Balaban J connectivity index is 4.17. The van der Waals surface area contributed by atoms with Gasteiger partial charge in [0.25, 0.3) is 0 Å². The number of allylic oxidation sites excluding steroid dienone is 1. The van der Waals surface area contributed by atoms with Gasteiger partial charge in [0.1, 0.15) is 5.56 Å². The minimum Gasteiger partial charge on any atom is -0.376 e. The molecule has 2 unspecified atom stereocenters. The molecule has 3 heteroatoms. The first-order valence-corrected chi connectivity index (χ1v) is 4.37. The zero-order chi connectivity index (χ0) is 8.36. The maximum atomic E-state index is 8.96. The van der Waals surface area contributed by atoms with Crippen LogP contribution in [0.15, 0.2) is 12.7 Å². The maximum Gasteiger partial charge on any atom is 0.141 e. The predicted molar refractivity (Wildman–Crippen MR) is 48.6 cm³/mol. The van der Waals surface area contributed by atoms with Gasteiger partial charge in [0.05, 0.1) is 4.83 Å². The third-order valence-electron chi connectivity index (χ3n) is 1.48. The molecule has 0 bridgehead atoms. The summed E-state index contributed by atoms with van der Waals surface area (Å²) in [5.41, 5.74) is -1.05. The van der Waals surface area contributed by atoms with E-state index < -0.39 is 5.56 Å². The number of hydrogen-bond donors (Lipinski definition) is 1. The molecule has 0 aromatic heterocycles. The molecule has 0 rings (SSSR count). The van der Waals surface area contributed by atoms with Crippen LogP contribution in [0, 0.1) is 5.41 Å². The van der Waals surface area contributed by atoms with Gasteiger partial charge in [0.2, 0.25) is 0 Å². The van der Waals surface area contributed by atoms with Crippen molar-refractivity contribution in [1.82, 2.24) is 0 Å². The molecule has 0 aliphatic rings. The van der Waals surface area contributed by atoms with Gasteiger partial charge in [0.15, 0.2) is 0 Å². The molecule has 0 aliphatic heterocycles. The minimum atomic E-state index is -0.868. The van der Waals surface area contributed by atoms with E-state index in [1.54, 1.807) is 6.08 Å². The van der Waals surface area contributed by atoms with Crippen molar-refractivity contribution in [3.63, 3.8) is 0 Å². The Morgan fingerprint density at radius 2 is 2.10 bits per heavy atom. The Kier molecular flexibility index (Phi) is 3.92. The van der Waals surface area contributed by atoms with E-state index in [2.05, 4.69) is 22.5 Å². The number of alkyl halides is 2. The van der Waals surface area contributed by atoms with Crippen molar-refractivity contribution in [1.29, 1.82) is 0 Å². The van der Waals surface area contributed by atoms with E-state index in [-0.39, 0.29) is 10.2 Å². The molecule has 0 aromatic carbocycles. The standard InChI is InChI=1S/C7H12BrClO/c1-4-7(2,3)5(8)6(9)10/h4-6,10H,1H2,2-3H3. The molecule has 0 saturated heterocycles. The van der Waals surface area contributed by atoms with E-state index in [1.165, 1.54) is 0 Å². The molecular weight excluding hydrogens is 215 g/mol. The van der Waals surface area contributed by atoms with E-state index >= 15 is 0 Å². The van der Waals surface area contributed by atoms with Crippen LogP contribution >= 0.6 is 27.5 Å². The van der Waals surface area contributed by atoms with Crippen LogP contribution in [0.25, 0.3) is 0 Å². The van der Waals surface area contributed by atoms with Gasteiger partial charge in [-0.1, -0.05) is 47.5 Å². The van der Waals surface area contributed by atoms with Crippen LogP contribution in [0.3, 0.4) is 0 Å². The summed E-state index contributed by atoms with van der Waals surface area (Å²) in [6, 6.07) is 0. The van der Waals surface area contributed by atoms with Gasteiger partial charge >= 0.3 is 0 Å². The number of rotatable bonds is 3. The molecule has 0 spiro atoms. The fraction of sp³-hybridized carbons (Fsp3) is 0.714. The van der Waals surface area contributed by atoms with Crippen molar-refractivity contribution in [3.8, 4) is 0 Å². The Morgan fingerprint density at radius 1 is 1.70 bits per heavy atom. The van der Waals surface area contributed by atoms with Crippen LogP contribution in [0.5, 0.6) is 0 Å². The molecule has 0 saturated carbocycles. The first-order chi connectivity index (χ1) is 4.41. The quantitative estimate of drug-likeness (QED) is 0.580. The summed E-state index contributed by atoms with van der Waals surface area (Å²) in [5, 5.41) is 8.96. The van der Waals surface area contributed by atoms with Gasteiger partial charge in [-0.2, -0.15) is 0 Å². The van der Waals surface area contributed by atoms with Crippen molar-refractivity contribution in [2.24, 2.45) is 5.41 Å². The highest BCUT2D eigenvalue weighted by atomic mass is 79.9. The topological polar surface area (TPSA) is 20.2 Å². The summed E-state index contributed by atoms with van der Waals surface area (Å²) in [4.78, 5) is -0.154. The van der Waals surface area contributed by atoms with Crippen LogP contribution in [0.4, 0.5) is 0 Å². The molecule has 2 atom stereocenters. The SMILES string of the molecule is C=CC(C)(C)C(Br)C(O)Cl. The lowest BCUT2D eigenvalue weighted by Crippen LogP contribution is -2.29. The lowest BCUT2D eigenvalue weighted by atomic mass is 9.90. The van der Waals surface area contributed by atoms with Gasteiger partial charge < -0.3 is 5.11 Å². The summed E-state index contributed by atoms with van der Waals surface area (Å²) in [6.07, 6.45) is 1.76. The van der Waals surface area contributed by atoms with Crippen LogP contribution in [0.2, 0.25) is 0 Å². The van der Waals surface area contributed by atoms with Crippen molar-refractivity contribution in [2.45, 2.75) is 24.2 Å². The van der Waals surface area contributed by atoms with E-state index in [0.717, 1.165) is 0 Å². The fourth-order valence-corrected chi connectivity index (χ4v) is 0.979. The van der Waals surface area contributed by atoms with Crippen molar-refractivity contribution >= 4 is 27.5 Å². The van der Waals surface area contributed by atoms with Crippen LogP contribution in [-0.2, 0) is 0 Å². The van der Waals surface area contributed by atoms with Crippen LogP contribution in [0.1, 0.15) is 13.8 Å². The Bertz CT molecular complexity index is 123. The molecule has 1 nitrogen and oxygen atoms in total. The average Bonchev–Trinajstić information content (AvgIpc) is 1.86. The Labute approximate surface area is 75.2 Å². The number of hydrogen-bond acceptors (Lipinski definition) is 1. The predicted octanol–water partition coefficient (Wildman–Crippen LogP) is 2.52. The third-order valence-corrected chi connectivity index (χ3v) is 3.72. The van der Waals surface area contributed by atoms with E-state index in [0.29, 0.717) is 0 Å².